The zero-order chi connectivity index (χ0) is 10.8. The molecule has 1 rings (SSSR count). The van der Waals surface area contributed by atoms with Crippen molar-refractivity contribution >= 4 is 0 Å². The second-order valence-corrected chi connectivity index (χ2v) is 2.40. The topological polar surface area (TPSA) is 58.7 Å². The fourth-order valence-electron chi connectivity index (χ4n) is 0.776. The van der Waals surface area contributed by atoms with Crippen LogP contribution in [0.5, 0.6) is 0 Å². The third-order valence-electron chi connectivity index (χ3n) is 1.41. The fraction of sp³-hybridized carbons (Fsp3) is 0.286. The van der Waals surface area contributed by atoms with Crippen molar-refractivity contribution in [2.45, 2.75) is 12.7 Å². The first-order chi connectivity index (χ1) is 6.45. The lowest BCUT2D eigenvalue weighted by atomic mass is 10.4. The van der Waals surface area contributed by atoms with E-state index in [-0.39, 0.29) is 6.54 Å². The zero-order valence-corrected chi connectivity index (χ0v) is 6.75. The van der Waals surface area contributed by atoms with E-state index in [1.165, 1.54) is 0 Å². The van der Waals surface area contributed by atoms with Crippen molar-refractivity contribution in [3.8, 4) is 6.07 Å². The summed E-state index contributed by atoms with van der Waals surface area (Å²) in [6, 6.07) is 1.98. The van der Waals surface area contributed by atoms with Gasteiger partial charge in [-0.2, -0.15) is 18.4 Å². The summed E-state index contributed by atoms with van der Waals surface area (Å²) in [5, 5.41) is 8.21. The number of aromatic nitrogens is 2. The Hall–Kier alpha value is -1.84. The van der Waals surface area contributed by atoms with Crippen LogP contribution in [0.25, 0.3) is 0 Å². The van der Waals surface area contributed by atoms with Crippen LogP contribution in [-0.2, 0) is 12.7 Å². The van der Waals surface area contributed by atoms with E-state index in [9.17, 15) is 18.0 Å². The minimum absolute atomic E-state index is 0.316. The number of alkyl halides is 3. The molecule has 0 amide bonds. The molecule has 0 saturated carbocycles. The van der Waals surface area contributed by atoms with Gasteiger partial charge in [0.15, 0.2) is 5.69 Å². The summed E-state index contributed by atoms with van der Waals surface area (Å²) < 4.78 is 36.8. The Morgan fingerprint density at radius 3 is 2.64 bits per heavy atom. The Morgan fingerprint density at radius 2 is 2.21 bits per heavy atom. The molecule has 7 heteroatoms. The number of rotatable bonds is 1. The Labute approximate surface area is 76.2 Å². The number of hydrogen-bond donors (Lipinski definition) is 0. The second kappa shape index (κ2) is 3.49. The van der Waals surface area contributed by atoms with Gasteiger partial charge in [-0.05, 0) is 0 Å². The van der Waals surface area contributed by atoms with Gasteiger partial charge in [0, 0.05) is 6.07 Å². The van der Waals surface area contributed by atoms with Crippen LogP contribution >= 0.6 is 0 Å². The molecular weight excluding hydrogens is 199 g/mol. The lowest BCUT2D eigenvalue weighted by Crippen LogP contribution is -2.22. The van der Waals surface area contributed by atoms with Gasteiger partial charge in [-0.1, -0.05) is 0 Å². The van der Waals surface area contributed by atoms with Crippen LogP contribution in [0.2, 0.25) is 0 Å². The van der Waals surface area contributed by atoms with Crippen LogP contribution in [-0.4, -0.2) is 9.55 Å². The van der Waals surface area contributed by atoms with E-state index in [0.717, 1.165) is 4.57 Å². The number of hydrogen-bond acceptors (Lipinski definition) is 3. The third-order valence-corrected chi connectivity index (χ3v) is 1.41. The Balaban J connectivity index is 3.15. The molecule has 0 fully saturated rings. The predicted molar refractivity (Wildman–Crippen MR) is 39.1 cm³/mol. The van der Waals surface area contributed by atoms with Crippen LogP contribution in [0.3, 0.4) is 0 Å². The maximum Gasteiger partial charge on any atom is 0.433 e. The molecule has 4 nitrogen and oxygen atoms in total. The average Bonchev–Trinajstić information content (AvgIpc) is 2.07. The molecule has 0 radical (unpaired) electrons. The van der Waals surface area contributed by atoms with E-state index < -0.39 is 17.4 Å². The molecule has 0 aliphatic heterocycles. The highest BCUT2D eigenvalue weighted by Crippen LogP contribution is 2.25. The fourth-order valence-corrected chi connectivity index (χ4v) is 0.776. The number of nitrogens with zero attached hydrogens (tertiary/aromatic N) is 3. The van der Waals surface area contributed by atoms with Gasteiger partial charge in [0.2, 0.25) is 0 Å². The lowest BCUT2D eigenvalue weighted by molar-refractivity contribution is -0.141. The van der Waals surface area contributed by atoms with Crippen LogP contribution in [0.15, 0.2) is 17.2 Å². The van der Waals surface area contributed by atoms with Crippen molar-refractivity contribution in [1.29, 1.82) is 5.26 Å². The van der Waals surface area contributed by atoms with Crippen LogP contribution in [0, 0.1) is 11.3 Å². The summed E-state index contributed by atoms with van der Waals surface area (Å²) in [5.74, 6) is 0. The zero-order valence-electron chi connectivity index (χ0n) is 6.75. The van der Waals surface area contributed by atoms with E-state index in [1.807, 2.05) is 0 Å². The molecule has 1 aromatic rings. The van der Waals surface area contributed by atoms with Crippen molar-refractivity contribution in [3.05, 3.63) is 28.4 Å². The molecule has 0 aromatic carbocycles. The van der Waals surface area contributed by atoms with Gasteiger partial charge in [-0.3, -0.25) is 9.36 Å². The smallest absolute Gasteiger partial charge is 0.285 e. The standard InChI is InChI=1S/C7H4F3N3O/c8-7(9,10)5-3-6(14)13(2-1-11)4-12-5/h3-4H,2H2. The molecule has 1 heterocycles. The molecule has 74 valence electrons. The average molecular weight is 203 g/mol. The summed E-state index contributed by atoms with van der Waals surface area (Å²) in [4.78, 5) is 14.0. The lowest BCUT2D eigenvalue weighted by Gasteiger charge is -2.05. The molecule has 14 heavy (non-hydrogen) atoms. The summed E-state index contributed by atoms with van der Waals surface area (Å²) in [5.41, 5.74) is -2.15. The highest BCUT2D eigenvalue weighted by molar-refractivity contribution is 5.04. The summed E-state index contributed by atoms with van der Waals surface area (Å²) >= 11 is 0. The van der Waals surface area contributed by atoms with Gasteiger partial charge >= 0.3 is 6.18 Å². The van der Waals surface area contributed by atoms with Gasteiger partial charge in [0.05, 0.1) is 12.4 Å². The second-order valence-electron chi connectivity index (χ2n) is 2.40. The molecule has 0 atom stereocenters. The SMILES string of the molecule is N#CCn1cnc(C(F)(F)F)cc1=O. The molecule has 0 saturated heterocycles. The summed E-state index contributed by atoms with van der Waals surface area (Å²) in [7, 11) is 0. The Morgan fingerprint density at radius 1 is 1.57 bits per heavy atom. The maximum absolute atomic E-state index is 12.0. The normalized spacial score (nSPS) is 11.0. The summed E-state index contributed by atoms with van der Waals surface area (Å²) in [6.45, 7) is -0.316. The van der Waals surface area contributed by atoms with Crippen molar-refractivity contribution in [2.24, 2.45) is 0 Å². The van der Waals surface area contributed by atoms with Crippen molar-refractivity contribution < 1.29 is 13.2 Å². The van der Waals surface area contributed by atoms with Gasteiger partial charge < -0.3 is 0 Å². The van der Waals surface area contributed by atoms with E-state index in [4.69, 9.17) is 5.26 Å². The van der Waals surface area contributed by atoms with E-state index in [1.54, 1.807) is 6.07 Å². The van der Waals surface area contributed by atoms with Gasteiger partial charge in [-0.15, -0.1) is 0 Å². The van der Waals surface area contributed by atoms with Crippen LogP contribution < -0.4 is 5.56 Å². The van der Waals surface area contributed by atoms with Gasteiger partial charge in [-0.25, -0.2) is 4.98 Å². The first kappa shape index (κ1) is 10.2. The first-order valence-electron chi connectivity index (χ1n) is 3.46. The molecule has 1 aromatic heterocycles. The van der Waals surface area contributed by atoms with E-state index >= 15 is 0 Å². The third kappa shape index (κ3) is 2.10. The van der Waals surface area contributed by atoms with Crippen LogP contribution in [0.4, 0.5) is 13.2 Å². The van der Waals surface area contributed by atoms with E-state index in [0.29, 0.717) is 12.4 Å². The maximum atomic E-state index is 12.0. The highest BCUT2D eigenvalue weighted by atomic mass is 19.4. The summed E-state index contributed by atoms with van der Waals surface area (Å²) in [6.07, 6.45) is -3.93. The molecule has 0 unspecified atom stereocenters. The predicted octanol–water partition coefficient (Wildman–Crippen LogP) is 0.786. The highest BCUT2D eigenvalue weighted by Gasteiger charge is 2.32. The number of halogens is 3. The Bertz CT molecular complexity index is 429. The van der Waals surface area contributed by atoms with Gasteiger partial charge in [0.25, 0.3) is 5.56 Å². The molecular formula is C7H4F3N3O. The number of nitriles is 1. The largest absolute Gasteiger partial charge is 0.433 e. The van der Waals surface area contributed by atoms with Crippen molar-refractivity contribution in [2.75, 3.05) is 0 Å². The van der Waals surface area contributed by atoms with Crippen molar-refractivity contribution in [1.82, 2.24) is 9.55 Å². The monoisotopic (exact) mass is 203 g/mol. The molecule has 0 N–H and O–H groups in total. The minimum Gasteiger partial charge on any atom is -0.285 e. The Kier molecular flexibility index (Phi) is 2.56. The first-order valence-corrected chi connectivity index (χ1v) is 3.46. The molecule has 0 bridgehead atoms. The molecule has 0 spiro atoms. The molecule has 0 aliphatic rings. The molecule has 0 aliphatic carbocycles. The van der Waals surface area contributed by atoms with E-state index in [2.05, 4.69) is 4.98 Å². The van der Waals surface area contributed by atoms with Crippen molar-refractivity contribution in [3.63, 3.8) is 0 Å². The van der Waals surface area contributed by atoms with Crippen LogP contribution in [0.1, 0.15) is 5.69 Å². The van der Waals surface area contributed by atoms with Gasteiger partial charge in [0.1, 0.15) is 6.54 Å². The minimum atomic E-state index is -4.63. The quantitative estimate of drug-likeness (QED) is 0.677.